The number of carbonyl (C=O) groups is 1. The molecule has 0 spiro atoms. The molecule has 1 aliphatic heterocycles. The van der Waals surface area contributed by atoms with Crippen molar-refractivity contribution in [3.63, 3.8) is 0 Å². The fourth-order valence-corrected chi connectivity index (χ4v) is 2.85. The van der Waals surface area contributed by atoms with Crippen LogP contribution in [0.3, 0.4) is 0 Å². The normalized spacial score (nSPS) is 12.8. The zero-order valence-corrected chi connectivity index (χ0v) is 12.4. The molecular formula is C18H11N3O3. The third kappa shape index (κ3) is 2.21. The molecule has 1 aliphatic rings. The van der Waals surface area contributed by atoms with Crippen molar-refractivity contribution < 1.29 is 9.72 Å². The number of anilines is 1. The van der Waals surface area contributed by atoms with Gasteiger partial charge >= 0.3 is 0 Å². The van der Waals surface area contributed by atoms with Crippen LogP contribution in [-0.4, -0.2) is 17.0 Å². The molecule has 6 nitrogen and oxygen atoms in total. The van der Waals surface area contributed by atoms with E-state index in [1.807, 2.05) is 24.3 Å². The lowest BCUT2D eigenvalue weighted by atomic mass is 10.0. The SMILES string of the molecule is O=C1Nc2ccc(N=Cc3cccc([N+](=O)[O-])c3)c3cccc1c23. The summed E-state index contributed by atoms with van der Waals surface area (Å²) >= 11 is 0. The number of benzene rings is 3. The van der Waals surface area contributed by atoms with Crippen LogP contribution >= 0.6 is 0 Å². The Morgan fingerprint density at radius 2 is 1.92 bits per heavy atom. The van der Waals surface area contributed by atoms with Crippen molar-refractivity contribution in [2.24, 2.45) is 4.99 Å². The summed E-state index contributed by atoms with van der Waals surface area (Å²) in [6, 6.07) is 15.4. The van der Waals surface area contributed by atoms with Crippen LogP contribution in [0, 0.1) is 10.1 Å². The van der Waals surface area contributed by atoms with Gasteiger partial charge in [-0.3, -0.25) is 19.9 Å². The predicted octanol–water partition coefficient (Wildman–Crippen LogP) is 4.06. The quantitative estimate of drug-likeness (QED) is 0.449. The van der Waals surface area contributed by atoms with E-state index in [0.29, 0.717) is 16.8 Å². The van der Waals surface area contributed by atoms with Crippen LogP contribution in [-0.2, 0) is 0 Å². The fraction of sp³-hybridized carbons (Fsp3) is 0. The van der Waals surface area contributed by atoms with E-state index in [1.54, 1.807) is 24.4 Å². The zero-order chi connectivity index (χ0) is 16.7. The monoisotopic (exact) mass is 317 g/mol. The highest BCUT2D eigenvalue weighted by Crippen LogP contribution is 2.38. The average molecular weight is 317 g/mol. The van der Waals surface area contributed by atoms with Gasteiger partial charge in [-0.05, 0) is 23.8 Å². The number of nitro benzene ring substituents is 1. The first kappa shape index (κ1) is 14.1. The lowest BCUT2D eigenvalue weighted by molar-refractivity contribution is -0.384. The number of aliphatic imine (C=N–C) groups is 1. The number of nitrogens with one attached hydrogen (secondary N) is 1. The second-order valence-corrected chi connectivity index (χ2v) is 5.42. The molecule has 0 unspecified atom stereocenters. The van der Waals surface area contributed by atoms with Crippen LogP contribution in [0.4, 0.5) is 17.1 Å². The van der Waals surface area contributed by atoms with Gasteiger partial charge in [-0.2, -0.15) is 0 Å². The zero-order valence-electron chi connectivity index (χ0n) is 12.4. The molecule has 1 amide bonds. The molecular weight excluding hydrogens is 306 g/mol. The molecule has 0 aliphatic carbocycles. The van der Waals surface area contributed by atoms with Gasteiger partial charge in [0.25, 0.3) is 11.6 Å². The van der Waals surface area contributed by atoms with Crippen molar-refractivity contribution >= 4 is 40.0 Å². The van der Waals surface area contributed by atoms with Gasteiger partial charge in [0.1, 0.15) is 0 Å². The molecule has 0 fully saturated rings. The number of non-ortho nitro benzene ring substituents is 1. The predicted molar refractivity (Wildman–Crippen MR) is 92.3 cm³/mol. The summed E-state index contributed by atoms with van der Waals surface area (Å²) in [5.74, 6) is -0.115. The first-order chi connectivity index (χ1) is 11.6. The molecule has 0 saturated heterocycles. The first-order valence-corrected chi connectivity index (χ1v) is 7.29. The number of nitro groups is 1. The van der Waals surface area contributed by atoms with E-state index in [0.717, 1.165) is 16.5 Å². The Bertz CT molecular complexity index is 1040. The average Bonchev–Trinajstić information content (AvgIpc) is 2.92. The van der Waals surface area contributed by atoms with Gasteiger partial charge in [-0.25, -0.2) is 0 Å². The number of nitrogens with zero attached hydrogens (tertiary/aromatic N) is 2. The Kier molecular flexibility index (Phi) is 3.09. The summed E-state index contributed by atoms with van der Waals surface area (Å²) in [6.45, 7) is 0. The summed E-state index contributed by atoms with van der Waals surface area (Å²) in [5, 5.41) is 15.4. The molecule has 3 aromatic rings. The maximum atomic E-state index is 11.9. The minimum absolute atomic E-state index is 0.0224. The highest BCUT2D eigenvalue weighted by atomic mass is 16.6. The molecule has 0 bridgehead atoms. The Morgan fingerprint density at radius 1 is 1.08 bits per heavy atom. The summed E-state index contributed by atoms with van der Waals surface area (Å²) in [6.07, 6.45) is 1.58. The minimum atomic E-state index is -0.437. The Hall–Kier alpha value is -3.54. The highest BCUT2D eigenvalue weighted by Gasteiger charge is 2.21. The van der Waals surface area contributed by atoms with Gasteiger partial charge in [-0.15, -0.1) is 0 Å². The topological polar surface area (TPSA) is 84.6 Å². The molecule has 4 rings (SSSR count). The molecule has 0 saturated carbocycles. The molecule has 0 radical (unpaired) electrons. The number of hydrogen-bond donors (Lipinski definition) is 1. The van der Waals surface area contributed by atoms with Crippen molar-refractivity contribution in [1.82, 2.24) is 0 Å². The van der Waals surface area contributed by atoms with E-state index in [2.05, 4.69) is 10.3 Å². The number of carbonyl (C=O) groups excluding carboxylic acids is 1. The summed E-state index contributed by atoms with van der Waals surface area (Å²) in [5.41, 5.74) is 2.78. The molecule has 6 heteroatoms. The number of hydrogen-bond acceptors (Lipinski definition) is 4. The van der Waals surface area contributed by atoms with Gasteiger partial charge in [0.2, 0.25) is 0 Å². The smallest absolute Gasteiger partial charge is 0.270 e. The summed E-state index contributed by atoms with van der Waals surface area (Å²) in [7, 11) is 0. The Labute approximate surface area is 136 Å². The van der Waals surface area contributed by atoms with E-state index in [1.165, 1.54) is 12.1 Å². The lowest BCUT2D eigenvalue weighted by Gasteiger charge is -2.03. The van der Waals surface area contributed by atoms with Crippen LogP contribution in [0.5, 0.6) is 0 Å². The van der Waals surface area contributed by atoms with Crippen molar-refractivity contribution in [2.45, 2.75) is 0 Å². The number of rotatable bonds is 3. The van der Waals surface area contributed by atoms with E-state index in [4.69, 9.17) is 0 Å². The van der Waals surface area contributed by atoms with E-state index in [-0.39, 0.29) is 11.6 Å². The van der Waals surface area contributed by atoms with Gasteiger partial charge in [0.05, 0.1) is 10.6 Å². The van der Waals surface area contributed by atoms with Crippen LogP contribution in [0.15, 0.2) is 59.6 Å². The highest BCUT2D eigenvalue weighted by molar-refractivity contribution is 6.25. The van der Waals surface area contributed by atoms with Crippen LogP contribution in [0.1, 0.15) is 15.9 Å². The van der Waals surface area contributed by atoms with Gasteiger partial charge in [0, 0.05) is 40.4 Å². The third-order valence-corrected chi connectivity index (χ3v) is 3.94. The fourth-order valence-electron chi connectivity index (χ4n) is 2.85. The lowest BCUT2D eigenvalue weighted by Crippen LogP contribution is -2.03. The molecule has 0 atom stereocenters. The summed E-state index contributed by atoms with van der Waals surface area (Å²) in [4.78, 5) is 26.8. The third-order valence-electron chi connectivity index (χ3n) is 3.94. The Morgan fingerprint density at radius 3 is 2.75 bits per heavy atom. The van der Waals surface area contributed by atoms with E-state index >= 15 is 0 Å². The second-order valence-electron chi connectivity index (χ2n) is 5.42. The second kappa shape index (κ2) is 5.27. The van der Waals surface area contributed by atoms with Crippen molar-refractivity contribution in [2.75, 3.05) is 5.32 Å². The minimum Gasteiger partial charge on any atom is -0.321 e. The van der Waals surface area contributed by atoms with Crippen LogP contribution in [0.2, 0.25) is 0 Å². The van der Waals surface area contributed by atoms with Gasteiger partial charge in [0.15, 0.2) is 0 Å². The van der Waals surface area contributed by atoms with E-state index < -0.39 is 4.92 Å². The molecule has 24 heavy (non-hydrogen) atoms. The van der Waals surface area contributed by atoms with Crippen molar-refractivity contribution in [3.05, 3.63) is 75.8 Å². The van der Waals surface area contributed by atoms with Gasteiger partial charge in [-0.1, -0.05) is 24.3 Å². The van der Waals surface area contributed by atoms with Crippen molar-refractivity contribution in [3.8, 4) is 0 Å². The maximum absolute atomic E-state index is 11.9. The standard InChI is InChI=1S/C18H11N3O3/c22-18-14-6-2-5-13-15(7-8-16(20-18)17(13)14)19-10-11-3-1-4-12(9-11)21(23)24/h1-10H,(H,20,22). The van der Waals surface area contributed by atoms with Crippen LogP contribution < -0.4 is 5.32 Å². The maximum Gasteiger partial charge on any atom is 0.270 e. The molecule has 116 valence electrons. The molecule has 3 aromatic carbocycles. The Balaban J connectivity index is 1.79. The number of amides is 1. The largest absolute Gasteiger partial charge is 0.321 e. The molecule has 1 heterocycles. The van der Waals surface area contributed by atoms with E-state index in [9.17, 15) is 14.9 Å². The summed E-state index contributed by atoms with van der Waals surface area (Å²) < 4.78 is 0. The molecule has 1 N–H and O–H groups in total. The van der Waals surface area contributed by atoms with Crippen molar-refractivity contribution in [1.29, 1.82) is 0 Å². The molecule has 0 aromatic heterocycles. The van der Waals surface area contributed by atoms with Crippen LogP contribution in [0.25, 0.3) is 10.8 Å². The first-order valence-electron chi connectivity index (χ1n) is 7.29. The van der Waals surface area contributed by atoms with Gasteiger partial charge < -0.3 is 5.32 Å².